The largest absolute Gasteiger partial charge is 0.479 e. The molecule has 0 bridgehead atoms. The second-order valence-electron chi connectivity index (χ2n) is 8.78. The van der Waals surface area contributed by atoms with Gasteiger partial charge in [0.15, 0.2) is 6.10 Å². The van der Waals surface area contributed by atoms with Crippen molar-refractivity contribution in [1.29, 1.82) is 0 Å². The van der Waals surface area contributed by atoms with Crippen LogP contribution in [0.5, 0.6) is 5.75 Å². The lowest BCUT2D eigenvalue weighted by Gasteiger charge is -2.20. The van der Waals surface area contributed by atoms with Crippen molar-refractivity contribution in [2.75, 3.05) is 7.11 Å². The van der Waals surface area contributed by atoms with Crippen LogP contribution in [0, 0.1) is 0 Å². The molecule has 0 aliphatic carbocycles. The van der Waals surface area contributed by atoms with Gasteiger partial charge in [-0.3, -0.25) is 4.79 Å². The first-order valence-corrected chi connectivity index (χ1v) is 12.2. The molecule has 0 unspecified atom stereocenters. The Bertz CT molecular complexity index is 1290. The molecule has 0 spiro atoms. The number of carbonyl (C=O) groups is 1. The van der Waals surface area contributed by atoms with Gasteiger partial charge in [0.2, 0.25) is 0 Å². The van der Waals surface area contributed by atoms with E-state index in [4.69, 9.17) is 9.47 Å². The maximum Gasteiger partial charge on any atom is 0.346 e. The molecule has 5 heteroatoms. The fourth-order valence-electron chi connectivity index (χ4n) is 4.41. The number of benzene rings is 3. The number of hydrogen-bond donors (Lipinski definition) is 0. The Morgan fingerprint density at radius 2 is 1.50 bits per heavy atom. The summed E-state index contributed by atoms with van der Waals surface area (Å²) in [5, 5.41) is 0. The van der Waals surface area contributed by atoms with E-state index in [1.807, 2.05) is 72.9 Å². The van der Waals surface area contributed by atoms with Crippen molar-refractivity contribution in [3.8, 4) is 5.75 Å². The standard InChI is InChI=1S/C31H31NO4/c1-23(31(34)35-2)36-28-17-9-11-24(21-28)12-10-20-32-22-27(18-19-29(32)33)30(25-13-5-3-6-14-25)26-15-7-4-8-16-26/h3-9,11,13-19,21-23,30H,10,12,20H2,1-2H3/t23-/m0/s1. The average Bonchev–Trinajstić information content (AvgIpc) is 2.91. The van der Waals surface area contributed by atoms with Crippen molar-refractivity contribution in [2.24, 2.45) is 0 Å². The molecule has 1 heterocycles. The number of nitrogens with zero attached hydrogens (tertiary/aromatic N) is 1. The van der Waals surface area contributed by atoms with Gasteiger partial charge >= 0.3 is 5.97 Å². The van der Waals surface area contributed by atoms with Crippen LogP contribution in [0.1, 0.15) is 41.5 Å². The lowest BCUT2D eigenvalue weighted by molar-refractivity contribution is -0.147. The average molecular weight is 482 g/mol. The maximum absolute atomic E-state index is 12.7. The van der Waals surface area contributed by atoms with E-state index in [9.17, 15) is 9.59 Å². The number of pyridine rings is 1. The fraction of sp³-hybridized carbons (Fsp3) is 0.226. The van der Waals surface area contributed by atoms with E-state index in [0.717, 1.165) is 24.0 Å². The van der Waals surface area contributed by atoms with Gasteiger partial charge in [-0.05, 0) is 54.2 Å². The van der Waals surface area contributed by atoms with Crippen molar-refractivity contribution in [3.63, 3.8) is 0 Å². The van der Waals surface area contributed by atoms with Crippen molar-refractivity contribution in [3.05, 3.63) is 136 Å². The Kier molecular flexibility index (Phi) is 8.35. The van der Waals surface area contributed by atoms with E-state index in [1.165, 1.54) is 18.2 Å². The van der Waals surface area contributed by atoms with Gasteiger partial charge in [0.05, 0.1) is 7.11 Å². The second-order valence-corrected chi connectivity index (χ2v) is 8.78. The molecule has 0 radical (unpaired) electrons. The van der Waals surface area contributed by atoms with Crippen LogP contribution in [0.3, 0.4) is 0 Å². The van der Waals surface area contributed by atoms with Gasteiger partial charge < -0.3 is 14.0 Å². The molecule has 1 aromatic heterocycles. The van der Waals surface area contributed by atoms with Gasteiger partial charge in [0.25, 0.3) is 5.56 Å². The summed E-state index contributed by atoms with van der Waals surface area (Å²) in [6.45, 7) is 2.27. The topological polar surface area (TPSA) is 57.5 Å². The highest BCUT2D eigenvalue weighted by molar-refractivity contribution is 5.74. The SMILES string of the molecule is COC(=O)[C@H](C)Oc1cccc(CCCn2cc(C(c3ccccc3)c3ccccc3)ccc2=O)c1. The summed E-state index contributed by atoms with van der Waals surface area (Å²) >= 11 is 0. The Labute approximate surface area is 212 Å². The molecular weight excluding hydrogens is 450 g/mol. The number of rotatable bonds is 10. The third kappa shape index (κ3) is 6.30. The fourth-order valence-corrected chi connectivity index (χ4v) is 4.41. The summed E-state index contributed by atoms with van der Waals surface area (Å²) in [6, 6.07) is 32.0. The Morgan fingerprint density at radius 1 is 0.833 bits per heavy atom. The number of ether oxygens (including phenoxy) is 2. The van der Waals surface area contributed by atoms with Gasteiger partial charge in [0.1, 0.15) is 5.75 Å². The summed E-state index contributed by atoms with van der Waals surface area (Å²) in [6.07, 6.45) is 2.89. The molecule has 5 nitrogen and oxygen atoms in total. The normalized spacial score (nSPS) is 11.8. The first kappa shape index (κ1) is 25.0. The molecule has 0 amide bonds. The number of aromatic nitrogens is 1. The molecule has 4 rings (SSSR count). The highest BCUT2D eigenvalue weighted by Crippen LogP contribution is 2.31. The van der Waals surface area contributed by atoms with E-state index >= 15 is 0 Å². The molecule has 184 valence electrons. The first-order chi connectivity index (χ1) is 17.5. The van der Waals surface area contributed by atoms with Crippen LogP contribution in [-0.4, -0.2) is 23.8 Å². The first-order valence-electron chi connectivity index (χ1n) is 12.2. The lowest BCUT2D eigenvalue weighted by atomic mass is 9.86. The molecule has 0 aliphatic heterocycles. The molecule has 0 saturated heterocycles. The predicted molar refractivity (Wildman–Crippen MR) is 141 cm³/mol. The maximum atomic E-state index is 12.7. The molecule has 1 atom stereocenters. The number of methoxy groups -OCH3 is 1. The van der Waals surface area contributed by atoms with E-state index in [0.29, 0.717) is 12.3 Å². The van der Waals surface area contributed by atoms with Gasteiger partial charge in [-0.1, -0.05) is 78.9 Å². The van der Waals surface area contributed by atoms with E-state index in [-0.39, 0.29) is 11.5 Å². The van der Waals surface area contributed by atoms with Gasteiger partial charge in [-0.15, -0.1) is 0 Å². The molecular formula is C31H31NO4. The molecule has 0 saturated carbocycles. The monoisotopic (exact) mass is 481 g/mol. The zero-order valence-electron chi connectivity index (χ0n) is 20.7. The van der Waals surface area contributed by atoms with Crippen LogP contribution in [0.2, 0.25) is 0 Å². The molecule has 0 N–H and O–H groups in total. The minimum atomic E-state index is -0.672. The van der Waals surface area contributed by atoms with Gasteiger partial charge in [-0.25, -0.2) is 4.79 Å². The quantitative estimate of drug-likeness (QED) is 0.277. The zero-order valence-corrected chi connectivity index (χ0v) is 20.7. The van der Waals surface area contributed by atoms with Crippen LogP contribution in [0.15, 0.2) is 108 Å². The molecule has 0 fully saturated rings. The van der Waals surface area contributed by atoms with E-state index in [2.05, 4.69) is 24.3 Å². The zero-order chi connectivity index (χ0) is 25.3. The van der Waals surface area contributed by atoms with Gasteiger partial charge in [0, 0.05) is 24.7 Å². The predicted octanol–water partition coefficient (Wildman–Crippen LogP) is 5.60. The van der Waals surface area contributed by atoms with Crippen LogP contribution < -0.4 is 10.3 Å². The smallest absolute Gasteiger partial charge is 0.346 e. The Morgan fingerprint density at radius 3 is 2.14 bits per heavy atom. The third-order valence-electron chi connectivity index (χ3n) is 6.21. The highest BCUT2D eigenvalue weighted by Gasteiger charge is 2.18. The number of aryl methyl sites for hydroxylation is 2. The number of esters is 1. The second kappa shape index (κ2) is 12.0. The number of hydrogen-bond acceptors (Lipinski definition) is 4. The van der Waals surface area contributed by atoms with Crippen molar-refractivity contribution >= 4 is 5.97 Å². The van der Waals surface area contributed by atoms with Crippen LogP contribution in [-0.2, 0) is 22.5 Å². The summed E-state index contributed by atoms with van der Waals surface area (Å²) in [7, 11) is 1.34. The van der Waals surface area contributed by atoms with Crippen molar-refractivity contribution in [1.82, 2.24) is 4.57 Å². The minimum absolute atomic E-state index is 0.0115. The molecule has 4 aromatic rings. The summed E-state index contributed by atoms with van der Waals surface area (Å²) in [5.74, 6) is 0.256. The van der Waals surface area contributed by atoms with E-state index < -0.39 is 12.1 Å². The molecule has 3 aromatic carbocycles. The highest BCUT2D eigenvalue weighted by atomic mass is 16.6. The van der Waals surface area contributed by atoms with Crippen molar-refractivity contribution in [2.45, 2.75) is 38.3 Å². The van der Waals surface area contributed by atoms with Crippen LogP contribution in [0.4, 0.5) is 0 Å². The van der Waals surface area contributed by atoms with E-state index in [1.54, 1.807) is 17.6 Å². The molecule has 0 aliphatic rings. The van der Waals surface area contributed by atoms with Crippen molar-refractivity contribution < 1.29 is 14.3 Å². The van der Waals surface area contributed by atoms with Crippen LogP contribution >= 0.6 is 0 Å². The molecule has 36 heavy (non-hydrogen) atoms. The summed E-state index contributed by atoms with van der Waals surface area (Å²) < 4.78 is 12.2. The lowest BCUT2D eigenvalue weighted by Crippen LogP contribution is -2.24. The summed E-state index contributed by atoms with van der Waals surface area (Å²) in [5.41, 5.74) is 4.53. The summed E-state index contributed by atoms with van der Waals surface area (Å²) in [4.78, 5) is 24.3. The minimum Gasteiger partial charge on any atom is -0.479 e. The Hall–Kier alpha value is -4.12. The van der Waals surface area contributed by atoms with Crippen LogP contribution in [0.25, 0.3) is 0 Å². The third-order valence-corrected chi connectivity index (χ3v) is 6.21. The Balaban J connectivity index is 1.49. The van der Waals surface area contributed by atoms with Gasteiger partial charge in [-0.2, -0.15) is 0 Å². The number of carbonyl (C=O) groups excluding carboxylic acids is 1.